The van der Waals surface area contributed by atoms with E-state index in [0.717, 1.165) is 30.0 Å². The molecule has 1 aromatic rings. The quantitative estimate of drug-likeness (QED) is 0.776. The lowest BCUT2D eigenvalue weighted by molar-refractivity contribution is -0.135. The third-order valence-electron chi connectivity index (χ3n) is 6.16. The van der Waals surface area contributed by atoms with Gasteiger partial charge in [-0.25, -0.2) is 4.31 Å². The van der Waals surface area contributed by atoms with Gasteiger partial charge in [-0.05, 0) is 49.3 Å². The summed E-state index contributed by atoms with van der Waals surface area (Å²) in [6, 6.07) is 3.49. The number of likely N-dealkylation sites (tertiary alicyclic amines) is 1. The molecule has 2 fully saturated rings. The first kappa shape index (κ1) is 18.3. The van der Waals surface area contributed by atoms with E-state index in [1.165, 1.54) is 25.8 Å². The van der Waals surface area contributed by atoms with E-state index in [-0.39, 0.29) is 23.4 Å². The molecule has 27 heavy (non-hydrogen) atoms. The van der Waals surface area contributed by atoms with E-state index in [1.54, 1.807) is 12.1 Å². The summed E-state index contributed by atoms with van der Waals surface area (Å²) in [6.45, 7) is 2.93. The fourth-order valence-electron chi connectivity index (χ4n) is 4.61. The molecule has 146 valence electrons. The van der Waals surface area contributed by atoms with E-state index in [1.807, 2.05) is 4.90 Å². The Morgan fingerprint density at radius 3 is 2.78 bits per heavy atom. The third kappa shape index (κ3) is 3.20. The van der Waals surface area contributed by atoms with Gasteiger partial charge in [-0.2, -0.15) is 8.42 Å². The SMILES string of the molecule is C[C@@H]1CCN(C(=O)C2=CC(c3ccco3)=NS(=O)(=O)N2C)[C@H]2CCCC[C@@H]12. The van der Waals surface area contributed by atoms with Gasteiger partial charge >= 0.3 is 10.2 Å². The highest BCUT2D eigenvalue weighted by Crippen LogP contribution is 2.39. The Bertz CT molecular complexity index is 888. The Morgan fingerprint density at radius 2 is 2.04 bits per heavy atom. The van der Waals surface area contributed by atoms with Crippen LogP contribution >= 0.6 is 0 Å². The minimum absolute atomic E-state index is 0.135. The second-order valence-electron chi connectivity index (χ2n) is 7.71. The molecular formula is C19H25N3O4S. The first-order chi connectivity index (χ1) is 12.9. The molecule has 7 nitrogen and oxygen atoms in total. The zero-order valence-electron chi connectivity index (χ0n) is 15.7. The van der Waals surface area contributed by atoms with Crippen LogP contribution in [0.4, 0.5) is 0 Å². The molecule has 0 unspecified atom stereocenters. The van der Waals surface area contributed by atoms with Crippen molar-refractivity contribution in [1.82, 2.24) is 9.21 Å². The molecule has 1 amide bonds. The Labute approximate surface area is 159 Å². The van der Waals surface area contributed by atoms with Crippen LogP contribution in [-0.2, 0) is 15.0 Å². The summed E-state index contributed by atoms with van der Waals surface area (Å²) in [6.07, 6.45) is 8.39. The van der Waals surface area contributed by atoms with Crippen LogP contribution in [-0.4, -0.2) is 48.9 Å². The average Bonchev–Trinajstić information content (AvgIpc) is 3.19. The molecule has 1 saturated heterocycles. The molecule has 3 heterocycles. The van der Waals surface area contributed by atoms with Gasteiger partial charge in [0.15, 0.2) is 5.76 Å². The highest BCUT2D eigenvalue weighted by Gasteiger charge is 2.42. The van der Waals surface area contributed by atoms with Gasteiger partial charge in [0.25, 0.3) is 5.91 Å². The summed E-state index contributed by atoms with van der Waals surface area (Å²) in [4.78, 5) is 15.3. The van der Waals surface area contributed by atoms with E-state index in [9.17, 15) is 13.2 Å². The number of hydrogen-bond acceptors (Lipinski definition) is 4. The van der Waals surface area contributed by atoms with Gasteiger partial charge in [0.05, 0.1) is 6.26 Å². The van der Waals surface area contributed by atoms with Crippen LogP contribution in [0.25, 0.3) is 0 Å². The van der Waals surface area contributed by atoms with Crippen molar-refractivity contribution in [2.45, 2.75) is 45.1 Å². The Kier molecular flexibility index (Phi) is 4.61. The summed E-state index contributed by atoms with van der Waals surface area (Å²) in [5.41, 5.74) is 0.294. The lowest BCUT2D eigenvalue weighted by Gasteiger charge is -2.47. The predicted octanol–water partition coefficient (Wildman–Crippen LogP) is 2.57. The fourth-order valence-corrected chi connectivity index (χ4v) is 5.50. The average molecular weight is 391 g/mol. The van der Waals surface area contributed by atoms with Gasteiger partial charge in [0, 0.05) is 19.6 Å². The molecule has 0 N–H and O–H groups in total. The lowest BCUT2D eigenvalue weighted by Crippen LogP contribution is -2.54. The number of allylic oxidation sites excluding steroid dienone is 1. The fraction of sp³-hybridized carbons (Fsp3) is 0.579. The minimum atomic E-state index is -3.96. The number of likely N-dealkylation sites (N-methyl/N-ethyl adjacent to an activating group) is 1. The van der Waals surface area contributed by atoms with Gasteiger partial charge in [0.2, 0.25) is 0 Å². The van der Waals surface area contributed by atoms with Crippen LogP contribution in [0.1, 0.15) is 44.8 Å². The molecule has 1 aromatic heterocycles. The first-order valence-corrected chi connectivity index (χ1v) is 10.9. The smallest absolute Gasteiger partial charge is 0.345 e. The van der Waals surface area contributed by atoms with Gasteiger partial charge in [0.1, 0.15) is 11.4 Å². The second-order valence-corrected chi connectivity index (χ2v) is 9.33. The van der Waals surface area contributed by atoms with Gasteiger partial charge < -0.3 is 9.32 Å². The number of piperidine rings is 1. The summed E-state index contributed by atoms with van der Waals surface area (Å²) < 4.78 is 35.1. The molecule has 3 aliphatic rings. The number of fused-ring (bicyclic) bond motifs is 1. The number of nitrogens with zero attached hydrogens (tertiary/aromatic N) is 3. The summed E-state index contributed by atoms with van der Waals surface area (Å²) in [7, 11) is -2.58. The van der Waals surface area contributed by atoms with Crippen LogP contribution < -0.4 is 0 Å². The summed E-state index contributed by atoms with van der Waals surface area (Å²) >= 11 is 0. The van der Waals surface area contributed by atoms with Crippen molar-refractivity contribution in [1.29, 1.82) is 0 Å². The van der Waals surface area contributed by atoms with Gasteiger partial charge in [-0.1, -0.05) is 19.8 Å². The molecule has 8 heteroatoms. The van der Waals surface area contributed by atoms with E-state index >= 15 is 0 Å². The monoisotopic (exact) mass is 391 g/mol. The molecular weight excluding hydrogens is 366 g/mol. The van der Waals surface area contributed by atoms with Gasteiger partial charge in [-0.15, -0.1) is 4.40 Å². The topological polar surface area (TPSA) is 83.2 Å². The molecule has 0 spiro atoms. The van der Waals surface area contributed by atoms with Crippen molar-refractivity contribution in [2.24, 2.45) is 16.2 Å². The number of amides is 1. The van der Waals surface area contributed by atoms with E-state index in [2.05, 4.69) is 11.3 Å². The van der Waals surface area contributed by atoms with Gasteiger partial charge in [-0.3, -0.25) is 4.79 Å². The van der Waals surface area contributed by atoms with E-state index in [4.69, 9.17) is 4.42 Å². The number of carbonyl (C=O) groups is 1. The van der Waals surface area contributed by atoms with E-state index in [0.29, 0.717) is 24.1 Å². The van der Waals surface area contributed by atoms with Crippen molar-refractivity contribution in [2.75, 3.05) is 13.6 Å². The normalized spacial score (nSPS) is 30.4. The first-order valence-electron chi connectivity index (χ1n) is 9.54. The molecule has 0 radical (unpaired) electrons. The third-order valence-corrected chi connectivity index (χ3v) is 7.48. The van der Waals surface area contributed by atoms with E-state index < -0.39 is 10.2 Å². The summed E-state index contributed by atoms with van der Waals surface area (Å²) in [5, 5.41) is 0. The Balaban J connectivity index is 1.68. The zero-order valence-corrected chi connectivity index (χ0v) is 16.5. The molecule has 1 saturated carbocycles. The number of rotatable bonds is 2. The standard InChI is InChI=1S/C19H25N3O4S/c1-13-9-10-22(16-7-4-3-6-14(13)16)19(23)17-12-15(18-8-5-11-26-18)20-27(24,25)21(17)2/h5,8,11-14,16H,3-4,6-7,9-10H2,1-2H3/t13-,14+,16+/m1/s1. The van der Waals surface area contributed by atoms with Crippen LogP contribution in [0, 0.1) is 11.8 Å². The lowest BCUT2D eigenvalue weighted by atomic mass is 9.72. The molecule has 2 aliphatic heterocycles. The second kappa shape index (κ2) is 6.82. The Hall–Kier alpha value is -2.09. The van der Waals surface area contributed by atoms with Crippen LogP contribution in [0.5, 0.6) is 0 Å². The molecule has 3 atom stereocenters. The number of carbonyl (C=O) groups excluding carboxylic acids is 1. The maximum absolute atomic E-state index is 13.4. The number of furan rings is 1. The van der Waals surface area contributed by atoms with Crippen LogP contribution in [0.2, 0.25) is 0 Å². The molecule has 1 aliphatic carbocycles. The van der Waals surface area contributed by atoms with Crippen molar-refractivity contribution in [3.05, 3.63) is 35.9 Å². The Morgan fingerprint density at radius 1 is 1.26 bits per heavy atom. The van der Waals surface area contributed by atoms with Crippen LogP contribution in [0.3, 0.4) is 0 Å². The molecule has 0 bridgehead atoms. The molecule has 4 rings (SSSR count). The highest BCUT2D eigenvalue weighted by atomic mass is 32.2. The predicted molar refractivity (Wildman–Crippen MR) is 101 cm³/mol. The van der Waals surface area contributed by atoms with Crippen molar-refractivity contribution in [3.63, 3.8) is 0 Å². The number of hydrogen-bond donors (Lipinski definition) is 0. The minimum Gasteiger partial charge on any atom is -0.463 e. The van der Waals surface area contributed by atoms with Crippen molar-refractivity contribution < 1.29 is 17.6 Å². The van der Waals surface area contributed by atoms with Crippen molar-refractivity contribution >= 4 is 21.8 Å². The maximum Gasteiger partial charge on any atom is 0.345 e. The van der Waals surface area contributed by atoms with Crippen LogP contribution in [0.15, 0.2) is 39.0 Å². The molecule has 0 aromatic carbocycles. The maximum atomic E-state index is 13.4. The van der Waals surface area contributed by atoms with Crippen molar-refractivity contribution in [3.8, 4) is 0 Å². The largest absolute Gasteiger partial charge is 0.463 e. The highest BCUT2D eigenvalue weighted by molar-refractivity contribution is 7.88. The summed E-state index contributed by atoms with van der Waals surface area (Å²) in [5.74, 6) is 1.20. The zero-order chi connectivity index (χ0) is 19.2.